The van der Waals surface area contributed by atoms with E-state index in [2.05, 4.69) is 22.2 Å². The molecule has 1 amide bonds. The highest BCUT2D eigenvalue weighted by Gasteiger charge is 2.28. The van der Waals surface area contributed by atoms with Crippen molar-refractivity contribution in [2.45, 2.75) is 25.3 Å². The predicted molar refractivity (Wildman–Crippen MR) is 72.3 cm³/mol. The number of nitrogens with one attached hydrogen (secondary N) is 1. The maximum Gasteiger partial charge on any atom is 0.223 e. The number of rotatable bonds is 4. The van der Waals surface area contributed by atoms with E-state index in [0.717, 1.165) is 52.0 Å². The zero-order chi connectivity index (χ0) is 13.0. The Kier molecular flexibility index (Phi) is 4.97. The Bertz CT molecular complexity index is 276. The van der Waals surface area contributed by atoms with Gasteiger partial charge in [0.05, 0.1) is 0 Å². The Morgan fingerprint density at radius 1 is 1.28 bits per heavy atom. The van der Waals surface area contributed by atoms with Crippen molar-refractivity contribution in [3.8, 4) is 0 Å². The van der Waals surface area contributed by atoms with Crippen LogP contribution in [0.1, 0.15) is 19.3 Å². The van der Waals surface area contributed by atoms with Crippen molar-refractivity contribution in [3.63, 3.8) is 0 Å². The molecule has 0 aromatic heterocycles. The summed E-state index contributed by atoms with van der Waals surface area (Å²) >= 11 is 0. The van der Waals surface area contributed by atoms with Crippen molar-refractivity contribution in [1.29, 1.82) is 0 Å². The van der Waals surface area contributed by atoms with E-state index in [4.69, 9.17) is 5.73 Å². The Labute approximate surface area is 110 Å². The molecule has 2 aliphatic heterocycles. The average molecular weight is 254 g/mol. The van der Waals surface area contributed by atoms with Gasteiger partial charge in [0.25, 0.3) is 0 Å². The van der Waals surface area contributed by atoms with Crippen molar-refractivity contribution in [2.24, 2.45) is 11.7 Å². The second-order valence-electron chi connectivity index (χ2n) is 5.66. The fraction of sp³-hybridized carbons (Fsp3) is 0.923. The van der Waals surface area contributed by atoms with Crippen molar-refractivity contribution in [3.05, 3.63) is 0 Å². The molecule has 2 heterocycles. The molecule has 2 aliphatic rings. The Morgan fingerprint density at radius 2 is 2.00 bits per heavy atom. The summed E-state index contributed by atoms with van der Waals surface area (Å²) in [6, 6.07) is 0.365. The van der Waals surface area contributed by atoms with Gasteiger partial charge in [-0.3, -0.25) is 4.79 Å². The first-order valence-corrected chi connectivity index (χ1v) is 7.10. The van der Waals surface area contributed by atoms with Gasteiger partial charge in [0, 0.05) is 31.6 Å². The molecule has 0 spiro atoms. The molecule has 0 radical (unpaired) electrons. The van der Waals surface area contributed by atoms with Gasteiger partial charge in [-0.05, 0) is 45.9 Å². The number of nitrogens with two attached hydrogens (primary N) is 1. The van der Waals surface area contributed by atoms with Crippen molar-refractivity contribution >= 4 is 5.91 Å². The van der Waals surface area contributed by atoms with E-state index in [1.54, 1.807) is 0 Å². The van der Waals surface area contributed by atoms with E-state index < -0.39 is 0 Å². The minimum absolute atomic E-state index is 0.213. The van der Waals surface area contributed by atoms with Crippen LogP contribution in [0, 0.1) is 5.92 Å². The van der Waals surface area contributed by atoms with Crippen LogP contribution in [0.5, 0.6) is 0 Å². The van der Waals surface area contributed by atoms with E-state index in [0.29, 0.717) is 12.6 Å². The van der Waals surface area contributed by atoms with Crippen LogP contribution in [0.4, 0.5) is 0 Å². The summed E-state index contributed by atoms with van der Waals surface area (Å²) in [6.45, 7) is 5.80. The lowest BCUT2D eigenvalue weighted by atomic mass is 9.95. The molecule has 0 bridgehead atoms. The number of hydrogen-bond donors (Lipinski definition) is 2. The van der Waals surface area contributed by atoms with E-state index in [1.807, 2.05) is 0 Å². The first-order chi connectivity index (χ1) is 8.69. The molecule has 0 saturated carbocycles. The van der Waals surface area contributed by atoms with Crippen LogP contribution in [0.3, 0.4) is 0 Å². The lowest BCUT2D eigenvalue weighted by Crippen LogP contribution is -2.45. The van der Waals surface area contributed by atoms with Gasteiger partial charge in [0.2, 0.25) is 5.91 Å². The SMILES string of the molecule is CN1CCC(NC(=O)C2CCN(CCN)CC2)C1. The first kappa shape index (κ1) is 13.8. The van der Waals surface area contributed by atoms with Gasteiger partial charge in [-0.15, -0.1) is 0 Å². The van der Waals surface area contributed by atoms with Gasteiger partial charge in [0.1, 0.15) is 0 Å². The van der Waals surface area contributed by atoms with Gasteiger partial charge >= 0.3 is 0 Å². The van der Waals surface area contributed by atoms with Crippen LogP contribution >= 0.6 is 0 Å². The van der Waals surface area contributed by atoms with E-state index >= 15 is 0 Å². The number of carbonyl (C=O) groups excluding carboxylic acids is 1. The van der Waals surface area contributed by atoms with Crippen molar-refractivity contribution < 1.29 is 4.79 Å². The summed E-state index contributed by atoms with van der Waals surface area (Å²) in [5, 5.41) is 3.20. The Morgan fingerprint density at radius 3 is 2.56 bits per heavy atom. The zero-order valence-corrected chi connectivity index (χ0v) is 11.4. The molecule has 2 fully saturated rings. The lowest BCUT2D eigenvalue weighted by Gasteiger charge is -2.31. The molecule has 1 unspecified atom stereocenters. The van der Waals surface area contributed by atoms with Crippen LogP contribution in [0.2, 0.25) is 0 Å². The van der Waals surface area contributed by atoms with Crippen molar-refractivity contribution in [1.82, 2.24) is 15.1 Å². The second-order valence-corrected chi connectivity index (χ2v) is 5.66. The summed E-state index contributed by atoms with van der Waals surface area (Å²) in [6.07, 6.45) is 3.05. The number of likely N-dealkylation sites (tertiary alicyclic amines) is 2. The quantitative estimate of drug-likeness (QED) is 0.708. The minimum Gasteiger partial charge on any atom is -0.352 e. The van der Waals surface area contributed by atoms with Crippen LogP contribution in [-0.2, 0) is 4.79 Å². The van der Waals surface area contributed by atoms with Gasteiger partial charge in [-0.25, -0.2) is 0 Å². The summed E-state index contributed by atoms with van der Waals surface area (Å²) in [4.78, 5) is 16.8. The summed E-state index contributed by atoms with van der Waals surface area (Å²) in [5.41, 5.74) is 5.55. The molecule has 3 N–H and O–H groups in total. The highest BCUT2D eigenvalue weighted by atomic mass is 16.2. The molecular formula is C13H26N4O. The molecule has 104 valence electrons. The average Bonchev–Trinajstić information content (AvgIpc) is 2.76. The van der Waals surface area contributed by atoms with Gasteiger partial charge in [-0.2, -0.15) is 0 Å². The molecule has 0 aromatic carbocycles. The van der Waals surface area contributed by atoms with Crippen LogP contribution in [0.15, 0.2) is 0 Å². The largest absolute Gasteiger partial charge is 0.352 e. The molecule has 1 atom stereocenters. The monoisotopic (exact) mass is 254 g/mol. The minimum atomic E-state index is 0.213. The van der Waals surface area contributed by atoms with Crippen LogP contribution < -0.4 is 11.1 Å². The predicted octanol–water partition coefficient (Wildman–Crippen LogP) is -0.523. The molecule has 5 nitrogen and oxygen atoms in total. The van der Waals surface area contributed by atoms with Gasteiger partial charge < -0.3 is 20.9 Å². The molecule has 2 rings (SSSR count). The fourth-order valence-electron chi connectivity index (χ4n) is 2.97. The molecular weight excluding hydrogens is 228 g/mol. The Balaban J connectivity index is 1.70. The van der Waals surface area contributed by atoms with E-state index in [9.17, 15) is 4.79 Å². The lowest BCUT2D eigenvalue weighted by molar-refractivity contribution is -0.127. The van der Waals surface area contributed by atoms with Crippen LogP contribution in [-0.4, -0.2) is 68.1 Å². The normalized spacial score (nSPS) is 27.6. The molecule has 5 heteroatoms. The maximum absolute atomic E-state index is 12.2. The first-order valence-electron chi connectivity index (χ1n) is 7.10. The summed E-state index contributed by atoms with van der Waals surface area (Å²) in [7, 11) is 2.11. The second kappa shape index (κ2) is 6.50. The standard InChI is InChI=1S/C13H26N4O/c1-16-6-4-12(10-16)15-13(18)11-2-7-17(8-3-11)9-5-14/h11-12H,2-10,14H2,1H3,(H,15,18). The highest BCUT2D eigenvalue weighted by Crippen LogP contribution is 2.18. The highest BCUT2D eigenvalue weighted by molar-refractivity contribution is 5.79. The number of likely N-dealkylation sites (N-methyl/N-ethyl adjacent to an activating group) is 1. The topological polar surface area (TPSA) is 61.6 Å². The third-order valence-electron chi connectivity index (χ3n) is 4.14. The van der Waals surface area contributed by atoms with Gasteiger partial charge in [-0.1, -0.05) is 0 Å². The molecule has 0 aliphatic carbocycles. The van der Waals surface area contributed by atoms with Crippen LogP contribution in [0.25, 0.3) is 0 Å². The fourth-order valence-corrected chi connectivity index (χ4v) is 2.97. The van der Waals surface area contributed by atoms with E-state index in [-0.39, 0.29) is 11.8 Å². The molecule has 2 saturated heterocycles. The maximum atomic E-state index is 12.2. The number of hydrogen-bond acceptors (Lipinski definition) is 4. The van der Waals surface area contributed by atoms with E-state index in [1.165, 1.54) is 0 Å². The number of carbonyl (C=O) groups is 1. The van der Waals surface area contributed by atoms with Gasteiger partial charge in [0.15, 0.2) is 0 Å². The zero-order valence-electron chi connectivity index (χ0n) is 11.4. The summed E-state index contributed by atoms with van der Waals surface area (Å²) < 4.78 is 0. The smallest absolute Gasteiger partial charge is 0.223 e. The Hall–Kier alpha value is -0.650. The molecule has 18 heavy (non-hydrogen) atoms. The molecule has 0 aromatic rings. The third kappa shape index (κ3) is 3.67. The number of piperidine rings is 1. The number of amides is 1. The number of nitrogens with zero attached hydrogens (tertiary/aromatic N) is 2. The summed E-state index contributed by atoms with van der Waals surface area (Å²) in [5.74, 6) is 0.479. The third-order valence-corrected chi connectivity index (χ3v) is 4.14. The van der Waals surface area contributed by atoms with Crippen molar-refractivity contribution in [2.75, 3.05) is 46.3 Å².